The molecule has 0 spiro atoms. The van der Waals surface area contributed by atoms with E-state index in [0.29, 0.717) is 68.1 Å². The van der Waals surface area contributed by atoms with E-state index in [0.717, 1.165) is 29.5 Å². The van der Waals surface area contributed by atoms with Gasteiger partial charge >= 0.3 is 5.97 Å². The Hall–Kier alpha value is -3.22. The highest BCUT2D eigenvalue weighted by molar-refractivity contribution is 5.97. The second kappa shape index (κ2) is 11.5. The molecular weight excluding hydrogens is 448 g/mol. The van der Waals surface area contributed by atoms with Gasteiger partial charge in [0.2, 0.25) is 5.60 Å². The molecule has 1 heterocycles. The van der Waals surface area contributed by atoms with Crippen molar-refractivity contribution in [2.45, 2.75) is 78.2 Å². The lowest BCUT2D eigenvalue weighted by molar-refractivity contribution is -0.157. The fourth-order valence-electron chi connectivity index (χ4n) is 4.47. The van der Waals surface area contributed by atoms with Gasteiger partial charge in [-0.3, -0.25) is 4.79 Å². The quantitative estimate of drug-likeness (QED) is 0.302. The smallest absolute Gasteiger partial charge is 0.348 e. The number of aliphatic carboxylic acids is 1. The van der Waals surface area contributed by atoms with Crippen LogP contribution >= 0.6 is 0 Å². The van der Waals surface area contributed by atoms with E-state index in [1.54, 1.807) is 6.07 Å². The number of Topliss-reactive ketones (excluding diaryl/α,β-unsaturated/α-hetero) is 1. The summed E-state index contributed by atoms with van der Waals surface area (Å²) in [5.41, 5.74) is 1.91. The lowest BCUT2D eigenvalue weighted by atomic mass is 9.87. The summed E-state index contributed by atoms with van der Waals surface area (Å²) in [6, 6.07) is 7.09. The summed E-state index contributed by atoms with van der Waals surface area (Å²) in [5.74, 6) is 0.737. The van der Waals surface area contributed by atoms with Gasteiger partial charge in [0.1, 0.15) is 23.0 Å². The van der Waals surface area contributed by atoms with Crippen LogP contribution in [0, 0.1) is 0 Å². The first-order chi connectivity index (χ1) is 16.8. The molecule has 1 aliphatic rings. The van der Waals surface area contributed by atoms with E-state index in [1.165, 1.54) is 13.0 Å². The summed E-state index contributed by atoms with van der Waals surface area (Å²) in [4.78, 5) is 23.6. The highest BCUT2D eigenvalue weighted by Crippen LogP contribution is 2.42. The minimum absolute atomic E-state index is 0.0799. The van der Waals surface area contributed by atoms with Crippen molar-refractivity contribution in [1.29, 1.82) is 0 Å². The fourth-order valence-corrected chi connectivity index (χ4v) is 4.47. The van der Waals surface area contributed by atoms with Crippen molar-refractivity contribution < 1.29 is 34.0 Å². The van der Waals surface area contributed by atoms with Crippen molar-refractivity contribution in [1.82, 2.24) is 0 Å². The van der Waals surface area contributed by atoms with Crippen LogP contribution in [0.2, 0.25) is 0 Å². The standard InChI is InChI=1S/C28H36O7/c1-5-9-21-24(11-10-20-12-13-28(7-3,27(31)32)35-26(20)21)33-14-8-15-34-25-17-23(30)22(18(4)29)16-19(25)6-2/h10-11,16-17,30H,5-9,12-15H2,1-4H3,(H,31,32). The molecule has 2 aromatic carbocycles. The first-order valence-corrected chi connectivity index (χ1v) is 12.5. The summed E-state index contributed by atoms with van der Waals surface area (Å²) < 4.78 is 18.1. The molecule has 0 aromatic heterocycles. The maximum Gasteiger partial charge on any atom is 0.348 e. The van der Waals surface area contributed by atoms with Gasteiger partial charge in [0.25, 0.3) is 0 Å². The Bertz CT molecular complexity index is 1080. The molecule has 0 fully saturated rings. The average molecular weight is 485 g/mol. The maximum atomic E-state index is 11.9. The van der Waals surface area contributed by atoms with E-state index in [-0.39, 0.29) is 11.5 Å². The van der Waals surface area contributed by atoms with Crippen LogP contribution in [0.5, 0.6) is 23.0 Å². The third kappa shape index (κ3) is 5.72. The van der Waals surface area contributed by atoms with Crippen molar-refractivity contribution >= 4 is 11.8 Å². The molecule has 1 unspecified atom stereocenters. The molecule has 0 amide bonds. The Morgan fingerprint density at radius 3 is 2.40 bits per heavy atom. The normalized spacial score (nSPS) is 16.8. The lowest BCUT2D eigenvalue weighted by Crippen LogP contribution is -2.46. The number of ether oxygens (including phenoxy) is 3. The molecule has 1 atom stereocenters. The van der Waals surface area contributed by atoms with Crippen LogP contribution in [0.4, 0.5) is 0 Å². The van der Waals surface area contributed by atoms with Crippen LogP contribution in [0.25, 0.3) is 0 Å². The predicted octanol–water partition coefficient (Wildman–Crippen LogP) is 5.52. The monoisotopic (exact) mass is 484 g/mol. The van der Waals surface area contributed by atoms with Crippen molar-refractivity contribution in [3.8, 4) is 23.0 Å². The van der Waals surface area contributed by atoms with Gasteiger partial charge in [-0.15, -0.1) is 0 Å². The molecule has 2 aromatic rings. The maximum absolute atomic E-state index is 11.9. The number of carboxylic acids is 1. The summed E-state index contributed by atoms with van der Waals surface area (Å²) in [5, 5.41) is 19.9. The third-order valence-corrected chi connectivity index (χ3v) is 6.60. The van der Waals surface area contributed by atoms with E-state index in [9.17, 15) is 19.8 Å². The molecule has 3 rings (SSSR count). The van der Waals surface area contributed by atoms with Gasteiger partial charge in [-0.1, -0.05) is 33.3 Å². The Balaban J connectivity index is 1.67. The molecule has 7 nitrogen and oxygen atoms in total. The summed E-state index contributed by atoms with van der Waals surface area (Å²) in [7, 11) is 0. The molecule has 7 heteroatoms. The number of aromatic hydroxyl groups is 1. The number of carbonyl (C=O) groups is 2. The van der Waals surface area contributed by atoms with Crippen LogP contribution in [-0.4, -0.2) is 40.8 Å². The molecule has 35 heavy (non-hydrogen) atoms. The van der Waals surface area contributed by atoms with Crippen LogP contribution < -0.4 is 14.2 Å². The molecule has 2 N–H and O–H groups in total. The van der Waals surface area contributed by atoms with Crippen molar-refractivity contribution in [3.05, 3.63) is 46.5 Å². The second-order valence-electron chi connectivity index (χ2n) is 8.97. The van der Waals surface area contributed by atoms with E-state index in [2.05, 4.69) is 6.92 Å². The molecule has 0 aliphatic carbocycles. The van der Waals surface area contributed by atoms with Crippen LogP contribution in [-0.2, 0) is 24.1 Å². The molecule has 190 valence electrons. The van der Waals surface area contributed by atoms with Gasteiger partial charge in [0.15, 0.2) is 5.78 Å². The average Bonchev–Trinajstić information content (AvgIpc) is 2.84. The number of hydrogen-bond acceptors (Lipinski definition) is 6. The number of ketones is 1. The largest absolute Gasteiger partial charge is 0.507 e. The minimum Gasteiger partial charge on any atom is -0.507 e. The zero-order valence-corrected chi connectivity index (χ0v) is 21.1. The first-order valence-electron chi connectivity index (χ1n) is 12.5. The zero-order valence-electron chi connectivity index (χ0n) is 21.1. The zero-order chi connectivity index (χ0) is 25.6. The number of hydrogen-bond donors (Lipinski definition) is 2. The fraction of sp³-hybridized carbons (Fsp3) is 0.500. The number of aryl methyl sites for hydroxylation is 2. The molecule has 0 radical (unpaired) electrons. The number of carboxylic acid groups (broad SMARTS) is 1. The van der Waals surface area contributed by atoms with E-state index in [4.69, 9.17) is 14.2 Å². The summed E-state index contributed by atoms with van der Waals surface area (Å²) >= 11 is 0. The van der Waals surface area contributed by atoms with Gasteiger partial charge in [-0.25, -0.2) is 4.79 Å². The Labute approximate surface area is 207 Å². The van der Waals surface area contributed by atoms with Crippen LogP contribution in [0.1, 0.15) is 80.4 Å². The van der Waals surface area contributed by atoms with Gasteiger partial charge in [-0.05, 0) is 55.9 Å². The number of carbonyl (C=O) groups excluding carboxylic acids is 1. The minimum atomic E-state index is -1.19. The highest BCUT2D eigenvalue weighted by Gasteiger charge is 2.43. The number of phenolic OH excluding ortho intramolecular Hbond substituents is 1. The molecule has 0 bridgehead atoms. The predicted molar refractivity (Wildman–Crippen MR) is 133 cm³/mol. The van der Waals surface area contributed by atoms with E-state index >= 15 is 0 Å². The van der Waals surface area contributed by atoms with Gasteiger partial charge in [0, 0.05) is 24.5 Å². The number of benzene rings is 2. The first kappa shape index (κ1) is 26.4. The van der Waals surface area contributed by atoms with E-state index < -0.39 is 11.6 Å². The van der Waals surface area contributed by atoms with Crippen molar-refractivity contribution in [2.75, 3.05) is 13.2 Å². The number of rotatable bonds is 12. The molecule has 0 saturated heterocycles. The highest BCUT2D eigenvalue weighted by atomic mass is 16.5. The van der Waals surface area contributed by atoms with Crippen LogP contribution in [0.15, 0.2) is 24.3 Å². The van der Waals surface area contributed by atoms with E-state index in [1.807, 2.05) is 26.0 Å². The van der Waals surface area contributed by atoms with Gasteiger partial charge in [0.05, 0.1) is 18.8 Å². The molecule has 1 aliphatic heterocycles. The topological polar surface area (TPSA) is 102 Å². The van der Waals surface area contributed by atoms with Gasteiger partial charge < -0.3 is 24.4 Å². The van der Waals surface area contributed by atoms with Gasteiger partial charge in [-0.2, -0.15) is 0 Å². The molecular formula is C28H36O7. The Morgan fingerprint density at radius 1 is 1.09 bits per heavy atom. The second-order valence-corrected chi connectivity index (χ2v) is 8.97. The third-order valence-electron chi connectivity index (χ3n) is 6.60. The SMILES string of the molecule is CCCc1c(OCCCOc2cc(O)c(C(C)=O)cc2CC)ccc2c1OC(CC)(C(=O)O)CC2. The lowest BCUT2D eigenvalue weighted by Gasteiger charge is -2.36. The Morgan fingerprint density at radius 2 is 1.80 bits per heavy atom. The number of phenols is 1. The summed E-state index contributed by atoms with van der Waals surface area (Å²) in [6.07, 6.45) is 4.42. The van der Waals surface area contributed by atoms with Crippen LogP contribution in [0.3, 0.4) is 0 Å². The van der Waals surface area contributed by atoms with Crippen molar-refractivity contribution in [3.63, 3.8) is 0 Å². The summed E-state index contributed by atoms with van der Waals surface area (Å²) in [6.45, 7) is 8.10. The number of fused-ring (bicyclic) bond motifs is 1. The Kier molecular flexibility index (Phi) is 8.65. The molecule has 0 saturated carbocycles. The van der Waals surface area contributed by atoms with Crippen molar-refractivity contribution in [2.24, 2.45) is 0 Å².